The molecule has 9 heteroatoms. The Labute approximate surface area is 214 Å². The monoisotopic (exact) mass is 502 g/mol. The first-order valence-electron chi connectivity index (χ1n) is 11.4. The summed E-state index contributed by atoms with van der Waals surface area (Å²) in [5.74, 6) is -0.581. The lowest BCUT2D eigenvalue weighted by atomic mass is 10.0. The molecule has 4 heterocycles. The number of pyridine rings is 2. The number of hydrogen-bond acceptors (Lipinski definition) is 5. The van der Waals surface area contributed by atoms with Crippen molar-refractivity contribution in [2.75, 3.05) is 13.1 Å². The number of nitriles is 1. The lowest BCUT2D eigenvalue weighted by molar-refractivity contribution is 0.240. The molecule has 0 saturated heterocycles. The van der Waals surface area contributed by atoms with Gasteiger partial charge in [0.25, 0.3) is 0 Å². The van der Waals surface area contributed by atoms with Crippen LogP contribution in [-0.4, -0.2) is 38.6 Å². The molecular weight excluding hydrogens is 479 g/mol. The van der Waals surface area contributed by atoms with Crippen molar-refractivity contribution in [3.63, 3.8) is 0 Å². The van der Waals surface area contributed by atoms with E-state index in [0.29, 0.717) is 24.1 Å². The van der Waals surface area contributed by atoms with Crippen LogP contribution in [0, 0.1) is 17.3 Å². The van der Waals surface area contributed by atoms with Crippen molar-refractivity contribution in [1.82, 2.24) is 24.8 Å². The van der Waals surface area contributed by atoms with Gasteiger partial charge in [-0.25, -0.2) is 9.78 Å². The van der Waals surface area contributed by atoms with Crippen LogP contribution in [0.1, 0.15) is 27.9 Å². The Balaban J connectivity index is 0.00000304. The molecule has 1 aliphatic rings. The van der Waals surface area contributed by atoms with Gasteiger partial charge in [-0.1, -0.05) is 12.2 Å². The van der Waals surface area contributed by atoms with E-state index in [4.69, 9.17) is 0 Å². The number of halogens is 2. The first-order chi connectivity index (χ1) is 17.1. The van der Waals surface area contributed by atoms with Crippen LogP contribution >= 0.6 is 12.4 Å². The van der Waals surface area contributed by atoms with Gasteiger partial charge in [-0.3, -0.25) is 14.5 Å². The third-order valence-corrected chi connectivity index (χ3v) is 6.17. The summed E-state index contributed by atoms with van der Waals surface area (Å²) in [5, 5.41) is 13.2. The van der Waals surface area contributed by atoms with Gasteiger partial charge in [0.15, 0.2) is 0 Å². The predicted molar refractivity (Wildman–Crippen MR) is 138 cm³/mol. The molecule has 0 saturated carbocycles. The number of nitrogens with zero attached hydrogens (tertiary/aromatic N) is 5. The van der Waals surface area contributed by atoms with E-state index in [2.05, 4.69) is 38.4 Å². The van der Waals surface area contributed by atoms with Crippen molar-refractivity contribution in [1.29, 1.82) is 5.26 Å². The van der Waals surface area contributed by atoms with Crippen LogP contribution in [0.4, 0.5) is 9.18 Å². The summed E-state index contributed by atoms with van der Waals surface area (Å²) in [4.78, 5) is 23.2. The second-order valence-electron chi connectivity index (χ2n) is 8.42. The maximum Gasteiger partial charge on any atom is 0.326 e. The van der Waals surface area contributed by atoms with Gasteiger partial charge in [-0.05, 0) is 59.2 Å². The lowest BCUT2D eigenvalue weighted by Gasteiger charge is -2.27. The van der Waals surface area contributed by atoms with E-state index in [1.54, 1.807) is 29.1 Å². The van der Waals surface area contributed by atoms with Crippen molar-refractivity contribution in [3.8, 4) is 6.07 Å². The summed E-state index contributed by atoms with van der Waals surface area (Å²) >= 11 is 0. The van der Waals surface area contributed by atoms with Crippen molar-refractivity contribution < 1.29 is 9.18 Å². The summed E-state index contributed by atoms with van der Waals surface area (Å²) < 4.78 is 15.1. The van der Waals surface area contributed by atoms with E-state index in [1.807, 2.05) is 24.3 Å². The van der Waals surface area contributed by atoms with E-state index < -0.39 is 5.95 Å². The van der Waals surface area contributed by atoms with E-state index >= 15 is 0 Å². The average Bonchev–Trinajstić information content (AvgIpc) is 3.21. The van der Waals surface area contributed by atoms with Crippen LogP contribution in [0.5, 0.6) is 0 Å². The quantitative estimate of drug-likeness (QED) is 0.400. The summed E-state index contributed by atoms with van der Waals surface area (Å²) in [6.45, 7) is 2.44. The van der Waals surface area contributed by atoms with Gasteiger partial charge in [-0.2, -0.15) is 9.65 Å². The van der Waals surface area contributed by atoms with Gasteiger partial charge in [0.05, 0.1) is 17.1 Å². The standard InChI is InChI=1S/C27H23FN6O.ClH/c28-26-15-21(7-11-31-26)17-32-27(35)34-24-4-3-20(16-29)14-22(24)23-18-33(13-8-25(23)34)12-1-2-19-5-9-30-10-6-19;/h1-7,9-11,14-15H,8,12-13,17-18H2,(H,32,35);1H/b2-1+;. The summed E-state index contributed by atoms with van der Waals surface area (Å²) in [6, 6.07) is 14.2. The largest absolute Gasteiger partial charge is 0.333 e. The number of fused-ring (bicyclic) bond motifs is 3. The number of benzene rings is 1. The normalized spacial score (nSPS) is 13.2. The SMILES string of the molecule is Cl.N#Cc1ccc2c(c1)c1c(n2C(=O)NCc2ccnc(F)c2)CCN(C/C=C/c2ccncc2)C1. The average molecular weight is 503 g/mol. The van der Waals surface area contributed by atoms with E-state index in [1.165, 1.54) is 12.3 Å². The summed E-state index contributed by atoms with van der Waals surface area (Å²) in [6.07, 6.45) is 9.82. The Hall–Kier alpha value is -4.06. The minimum absolute atomic E-state index is 0. The molecule has 7 nitrogen and oxygen atoms in total. The molecule has 36 heavy (non-hydrogen) atoms. The van der Waals surface area contributed by atoms with Gasteiger partial charge in [0, 0.05) is 62.3 Å². The summed E-state index contributed by atoms with van der Waals surface area (Å²) in [7, 11) is 0. The Morgan fingerprint density at radius 2 is 2.00 bits per heavy atom. The molecular formula is C27H24ClFN6O. The molecule has 0 radical (unpaired) electrons. The number of hydrogen-bond donors (Lipinski definition) is 1. The fourth-order valence-electron chi connectivity index (χ4n) is 4.49. The van der Waals surface area contributed by atoms with E-state index in [-0.39, 0.29) is 25.0 Å². The highest BCUT2D eigenvalue weighted by atomic mass is 35.5. The highest BCUT2D eigenvalue weighted by molar-refractivity contribution is 5.96. The molecule has 0 fully saturated rings. The topological polar surface area (TPSA) is 86.8 Å². The molecule has 1 amide bonds. The first kappa shape index (κ1) is 25.0. The Kier molecular flexibility index (Phi) is 7.74. The van der Waals surface area contributed by atoms with Crippen LogP contribution < -0.4 is 5.32 Å². The number of amides is 1. The molecule has 4 aromatic rings. The molecule has 0 aliphatic carbocycles. The molecule has 5 rings (SSSR count). The van der Waals surface area contributed by atoms with E-state index in [9.17, 15) is 14.4 Å². The van der Waals surface area contributed by atoms with Crippen molar-refractivity contribution >= 4 is 35.4 Å². The molecule has 182 valence electrons. The van der Waals surface area contributed by atoms with Crippen LogP contribution in [0.3, 0.4) is 0 Å². The molecule has 1 aliphatic heterocycles. The minimum atomic E-state index is -0.581. The predicted octanol–water partition coefficient (Wildman–Crippen LogP) is 4.69. The van der Waals surface area contributed by atoms with Gasteiger partial charge < -0.3 is 5.32 Å². The Bertz CT molecular complexity index is 1460. The van der Waals surface area contributed by atoms with Gasteiger partial charge in [0.1, 0.15) is 0 Å². The molecule has 0 unspecified atom stereocenters. The minimum Gasteiger partial charge on any atom is -0.333 e. The Morgan fingerprint density at radius 1 is 1.17 bits per heavy atom. The Morgan fingerprint density at radius 3 is 2.78 bits per heavy atom. The van der Waals surface area contributed by atoms with Gasteiger partial charge >= 0.3 is 6.03 Å². The second kappa shape index (κ2) is 11.1. The maximum absolute atomic E-state index is 13.4. The highest BCUT2D eigenvalue weighted by Gasteiger charge is 2.26. The lowest BCUT2D eigenvalue weighted by Crippen LogP contribution is -2.34. The summed E-state index contributed by atoms with van der Waals surface area (Å²) in [5.41, 5.74) is 5.06. The number of carbonyl (C=O) groups is 1. The van der Waals surface area contributed by atoms with Crippen LogP contribution in [0.15, 0.2) is 67.1 Å². The fourth-order valence-corrected chi connectivity index (χ4v) is 4.49. The zero-order valence-electron chi connectivity index (χ0n) is 19.4. The first-order valence-corrected chi connectivity index (χ1v) is 11.4. The highest BCUT2D eigenvalue weighted by Crippen LogP contribution is 2.31. The third-order valence-electron chi connectivity index (χ3n) is 6.17. The van der Waals surface area contributed by atoms with Crippen molar-refractivity contribution in [2.24, 2.45) is 0 Å². The fraction of sp³-hybridized carbons (Fsp3) is 0.185. The van der Waals surface area contributed by atoms with Crippen LogP contribution in [0.2, 0.25) is 0 Å². The van der Waals surface area contributed by atoms with Crippen molar-refractivity contribution in [3.05, 3.63) is 101 Å². The van der Waals surface area contributed by atoms with Crippen LogP contribution in [0.25, 0.3) is 17.0 Å². The molecule has 3 aromatic heterocycles. The number of rotatable bonds is 5. The van der Waals surface area contributed by atoms with E-state index in [0.717, 1.165) is 40.8 Å². The zero-order valence-corrected chi connectivity index (χ0v) is 20.2. The second-order valence-corrected chi connectivity index (χ2v) is 8.42. The van der Waals surface area contributed by atoms with Gasteiger partial charge in [0.2, 0.25) is 5.95 Å². The molecule has 1 N–H and O–H groups in total. The third kappa shape index (κ3) is 5.28. The zero-order chi connectivity index (χ0) is 24.2. The molecule has 1 aromatic carbocycles. The van der Waals surface area contributed by atoms with Crippen LogP contribution in [-0.2, 0) is 19.5 Å². The number of aromatic nitrogens is 3. The number of nitrogens with one attached hydrogen (secondary N) is 1. The number of carbonyl (C=O) groups excluding carboxylic acids is 1. The maximum atomic E-state index is 13.4. The molecule has 0 atom stereocenters. The van der Waals surface area contributed by atoms with Crippen molar-refractivity contribution in [2.45, 2.75) is 19.5 Å². The smallest absolute Gasteiger partial charge is 0.326 e. The van der Waals surface area contributed by atoms with Gasteiger partial charge in [-0.15, -0.1) is 12.4 Å². The molecule has 0 bridgehead atoms. The molecule has 0 spiro atoms.